The average molecular weight is 329 g/mol. The second-order valence-electron chi connectivity index (χ2n) is 5.07. The highest BCUT2D eigenvalue weighted by Crippen LogP contribution is 2.24. The molecule has 0 fully saturated rings. The number of hydrogen-bond donors (Lipinski definition) is 2. The highest BCUT2D eigenvalue weighted by Gasteiger charge is 2.12. The van der Waals surface area contributed by atoms with Crippen LogP contribution in [0, 0.1) is 0 Å². The van der Waals surface area contributed by atoms with Crippen LogP contribution in [0.4, 0.5) is 0 Å². The van der Waals surface area contributed by atoms with Crippen molar-refractivity contribution in [2.75, 3.05) is 20.8 Å². The number of carboxylic acid groups (broad SMARTS) is 1. The normalized spacial score (nSPS) is 10.1. The second-order valence-corrected chi connectivity index (χ2v) is 5.07. The van der Waals surface area contributed by atoms with E-state index in [9.17, 15) is 9.59 Å². The van der Waals surface area contributed by atoms with Gasteiger partial charge in [0.2, 0.25) is 0 Å². The van der Waals surface area contributed by atoms with Gasteiger partial charge in [-0.25, -0.2) is 4.79 Å². The van der Waals surface area contributed by atoms with Gasteiger partial charge in [0, 0.05) is 12.6 Å². The summed E-state index contributed by atoms with van der Waals surface area (Å²) in [5, 5.41) is 11.7. The minimum atomic E-state index is -0.957. The minimum absolute atomic E-state index is 0.239. The fourth-order valence-electron chi connectivity index (χ4n) is 2.22. The van der Waals surface area contributed by atoms with Crippen molar-refractivity contribution in [2.24, 2.45) is 0 Å². The molecule has 126 valence electrons. The van der Waals surface area contributed by atoms with Crippen LogP contribution in [0.25, 0.3) is 0 Å². The molecular formula is C18H19NO5. The van der Waals surface area contributed by atoms with Crippen molar-refractivity contribution < 1.29 is 24.2 Å². The molecule has 0 aliphatic carbocycles. The van der Waals surface area contributed by atoms with Gasteiger partial charge in [-0.2, -0.15) is 0 Å². The predicted octanol–water partition coefficient (Wildman–Crippen LogP) is 2.37. The summed E-state index contributed by atoms with van der Waals surface area (Å²) >= 11 is 0. The lowest BCUT2D eigenvalue weighted by molar-refractivity contribution is 0.0696. The Morgan fingerprint density at radius 2 is 1.75 bits per heavy atom. The standard InChI is InChI=1S/C18H19NO5/c1-23-14-7-8-15(16(11-14)24-2)17(20)19-10-9-12-3-5-13(6-4-12)18(21)22/h3-8,11H,9-10H2,1-2H3,(H,19,20)(H,21,22). The van der Waals surface area contributed by atoms with Crippen molar-refractivity contribution in [1.29, 1.82) is 0 Å². The Labute approximate surface area is 140 Å². The summed E-state index contributed by atoms with van der Waals surface area (Å²) in [4.78, 5) is 23.0. The fourth-order valence-corrected chi connectivity index (χ4v) is 2.22. The van der Waals surface area contributed by atoms with E-state index in [0.717, 1.165) is 5.56 Å². The molecular weight excluding hydrogens is 310 g/mol. The van der Waals surface area contributed by atoms with Crippen molar-refractivity contribution in [3.8, 4) is 11.5 Å². The first-order chi connectivity index (χ1) is 11.5. The van der Waals surface area contributed by atoms with Crippen LogP contribution in [0.15, 0.2) is 42.5 Å². The molecule has 0 aliphatic rings. The molecule has 6 heteroatoms. The number of aromatic carboxylic acids is 1. The average Bonchev–Trinajstić information content (AvgIpc) is 2.61. The predicted molar refractivity (Wildman–Crippen MR) is 89.0 cm³/mol. The van der Waals surface area contributed by atoms with E-state index in [2.05, 4.69) is 5.32 Å². The molecule has 2 N–H and O–H groups in total. The van der Waals surface area contributed by atoms with Crippen molar-refractivity contribution in [3.05, 3.63) is 59.2 Å². The van der Waals surface area contributed by atoms with E-state index in [0.29, 0.717) is 30.0 Å². The third-order valence-corrected chi connectivity index (χ3v) is 3.55. The topological polar surface area (TPSA) is 84.9 Å². The quantitative estimate of drug-likeness (QED) is 0.814. The molecule has 0 atom stereocenters. The maximum Gasteiger partial charge on any atom is 0.335 e. The van der Waals surface area contributed by atoms with E-state index < -0.39 is 5.97 Å². The molecule has 1 amide bonds. The molecule has 24 heavy (non-hydrogen) atoms. The van der Waals surface area contributed by atoms with Gasteiger partial charge in [0.05, 0.1) is 25.3 Å². The van der Waals surface area contributed by atoms with Gasteiger partial charge in [-0.3, -0.25) is 4.79 Å². The summed E-state index contributed by atoms with van der Waals surface area (Å²) in [6.45, 7) is 0.431. The summed E-state index contributed by atoms with van der Waals surface area (Å²) < 4.78 is 10.3. The number of benzene rings is 2. The van der Waals surface area contributed by atoms with E-state index in [-0.39, 0.29) is 11.5 Å². The van der Waals surface area contributed by atoms with Crippen LogP contribution in [0.1, 0.15) is 26.3 Å². The summed E-state index contributed by atoms with van der Waals surface area (Å²) in [5.41, 5.74) is 1.62. The number of hydrogen-bond acceptors (Lipinski definition) is 4. The monoisotopic (exact) mass is 329 g/mol. The Hall–Kier alpha value is -3.02. The first kappa shape index (κ1) is 17.3. The smallest absolute Gasteiger partial charge is 0.335 e. The van der Waals surface area contributed by atoms with Crippen molar-refractivity contribution in [1.82, 2.24) is 5.32 Å². The number of carbonyl (C=O) groups excluding carboxylic acids is 1. The highest BCUT2D eigenvalue weighted by molar-refractivity contribution is 5.97. The number of carboxylic acids is 1. The molecule has 0 aromatic heterocycles. The lowest BCUT2D eigenvalue weighted by Crippen LogP contribution is -2.26. The molecule has 0 saturated heterocycles. The highest BCUT2D eigenvalue weighted by atomic mass is 16.5. The minimum Gasteiger partial charge on any atom is -0.497 e. The van der Waals surface area contributed by atoms with E-state index in [4.69, 9.17) is 14.6 Å². The maximum atomic E-state index is 12.2. The van der Waals surface area contributed by atoms with E-state index in [1.165, 1.54) is 7.11 Å². The molecule has 0 aliphatic heterocycles. The van der Waals surface area contributed by atoms with Gasteiger partial charge in [-0.15, -0.1) is 0 Å². The van der Waals surface area contributed by atoms with Gasteiger partial charge in [0.25, 0.3) is 5.91 Å². The van der Waals surface area contributed by atoms with Crippen LogP contribution in [0.5, 0.6) is 11.5 Å². The second kappa shape index (κ2) is 8.01. The third-order valence-electron chi connectivity index (χ3n) is 3.55. The maximum absolute atomic E-state index is 12.2. The number of carbonyl (C=O) groups is 2. The number of amides is 1. The van der Waals surface area contributed by atoms with Gasteiger partial charge in [-0.05, 0) is 36.2 Å². The van der Waals surface area contributed by atoms with Gasteiger partial charge in [0.15, 0.2) is 0 Å². The van der Waals surface area contributed by atoms with Crippen LogP contribution in [-0.4, -0.2) is 37.7 Å². The first-order valence-corrected chi connectivity index (χ1v) is 7.37. The Balaban J connectivity index is 1.94. The van der Waals surface area contributed by atoms with Gasteiger partial charge in [0.1, 0.15) is 11.5 Å². The van der Waals surface area contributed by atoms with Crippen molar-refractivity contribution >= 4 is 11.9 Å². The summed E-state index contributed by atoms with van der Waals surface area (Å²) in [7, 11) is 3.04. The zero-order chi connectivity index (χ0) is 17.5. The molecule has 0 unspecified atom stereocenters. The van der Waals surface area contributed by atoms with Crippen LogP contribution in [0.3, 0.4) is 0 Å². The lowest BCUT2D eigenvalue weighted by atomic mass is 10.1. The number of rotatable bonds is 7. The molecule has 6 nitrogen and oxygen atoms in total. The van der Waals surface area contributed by atoms with E-state index in [1.54, 1.807) is 49.6 Å². The molecule has 0 heterocycles. The first-order valence-electron chi connectivity index (χ1n) is 7.37. The zero-order valence-corrected chi connectivity index (χ0v) is 13.5. The molecule has 0 saturated carbocycles. The number of methoxy groups -OCH3 is 2. The Morgan fingerprint density at radius 3 is 2.33 bits per heavy atom. The van der Waals surface area contributed by atoms with Gasteiger partial charge < -0.3 is 19.9 Å². The molecule has 2 aromatic rings. The van der Waals surface area contributed by atoms with E-state index >= 15 is 0 Å². The molecule has 0 spiro atoms. The Morgan fingerprint density at radius 1 is 1.04 bits per heavy atom. The zero-order valence-electron chi connectivity index (χ0n) is 13.5. The van der Waals surface area contributed by atoms with Crippen LogP contribution in [0.2, 0.25) is 0 Å². The number of nitrogens with one attached hydrogen (secondary N) is 1. The fraction of sp³-hybridized carbons (Fsp3) is 0.222. The van der Waals surface area contributed by atoms with E-state index in [1.807, 2.05) is 0 Å². The summed E-state index contributed by atoms with van der Waals surface area (Å²) in [5.74, 6) is -0.141. The summed E-state index contributed by atoms with van der Waals surface area (Å²) in [6.07, 6.45) is 0.601. The van der Waals surface area contributed by atoms with Crippen LogP contribution >= 0.6 is 0 Å². The molecule has 2 rings (SSSR count). The van der Waals surface area contributed by atoms with Gasteiger partial charge >= 0.3 is 5.97 Å². The largest absolute Gasteiger partial charge is 0.497 e. The number of ether oxygens (including phenoxy) is 2. The van der Waals surface area contributed by atoms with Crippen molar-refractivity contribution in [2.45, 2.75) is 6.42 Å². The molecule has 2 aromatic carbocycles. The van der Waals surface area contributed by atoms with Crippen molar-refractivity contribution in [3.63, 3.8) is 0 Å². The third kappa shape index (κ3) is 4.25. The van der Waals surface area contributed by atoms with Crippen LogP contribution in [-0.2, 0) is 6.42 Å². The SMILES string of the molecule is COc1ccc(C(=O)NCCc2ccc(C(=O)O)cc2)c(OC)c1. The Bertz CT molecular complexity index is 725. The van der Waals surface area contributed by atoms with Gasteiger partial charge in [-0.1, -0.05) is 12.1 Å². The van der Waals surface area contributed by atoms with Crippen LogP contribution < -0.4 is 14.8 Å². The Kier molecular flexibility index (Phi) is 5.78. The molecule has 0 radical (unpaired) electrons. The molecule has 0 bridgehead atoms. The summed E-state index contributed by atoms with van der Waals surface area (Å²) in [6, 6.07) is 11.6. The lowest BCUT2D eigenvalue weighted by Gasteiger charge is -2.11.